The largest absolute Gasteiger partial charge is 0.381 e. The highest BCUT2D eigenvalue weighted by atomic mass is 16.5. The lowest BCUT2D eigenvalue weighted by molar-refractivity contribution is 0.106. The molecule has 0 radical (unpaired) electrons. The van der Waals surface area contributed by atoms with E-state index in [4.69, 9.17) is 9.47 Å². The summed E-state index contributed by atoms with van der Waals surface area (Å²) in [4.78, 5) is 6.81. The van der Waals surface area contributed by atoms with Gasteiger partial charge in [0.05, 0.1) is 12.7 Å². The Morgan fingerprint density at radius 1 is 1.39 bits per heavy atom. The number of benzene rings is 1. The molecule has 1 N–H and O–H groups in total. The van der Waals surface area contributed by atoms with Crippen LogP contribution in [0.2, 0.25) is 0 Å². The molecule has 5 nitrogen and oxygen atoms in total. The first-order valence-corrected chi connectivity index (χ1v) is 8.37. The molecule has 2 atom stereocenters. The molecule has 2 unspecified atom stereocenters. The molecule has 0 aromatic heterocycles. The normalized spacial score (nSPS) is 26.0. The van der Waals surface area contributed by atoms with Gasteiger partial charge in [-0.2, -0.15) is 0 Å². The minimum absolute atomic E-state index is 0.0272. The van der Waals surface area contributed by atoms with Crippen molar-refractivity contribution in [3.63, 3.8) is 0 Å². The fourth-order valence-corrected chi connectivity index (χ4v) is 3.61. The summed E-state index contributed by atoms with van der Waals surface area (Å²) in [5.74, 6) is 0.965. The van der Waals surface area contributed by atoms with Crippen molar-refractivity contribution in [2.45, 2.75) is 18.9 Å². The summed E-state index contributed by atoms with van der Waals surface area (Å²) in [5, 5.41) is 3.48. The number of nitrogens with one attached hydrogen (secondary N) is 1. The maximum absolute atomic E-state index is 5.63. The second-order valence-electron chi connectivity index (χ2n) is 6.54. The van der Waals surface area contributed by atoms with Crippen molar-refractivity contribution in [3.05, 3.63) is 35.9 Å². The first-order chi connectivity index (χ1) is 11.3. The third-order valence-corrected chi connectivity index (χ3v) is 5.04. The van der Waals surface area contributed by atoms with Gasteiger partial charge >= 0.3 is 0 Å². The van der Waals surface area contributed by atoms with E-state index >= 15 is 0 Å². The van der Waals surface area contributed by atoms with Crippen LogP contribution in [0.15, 0.2) is 35.3 Å². The third kappa shape index (κ3) is 3.67. The maximum Gasteiger partial charge on any atom is 0.193 e. The zero-order valence-electron chi connectivity index (χ0n) is 14.1. The van der Waals surface area contributed by atoms with Gasteiger partial charge in [-0.1, -0.05) is 30.3 Å². The summed E-state index contributed by atoms with van der Waals surface area (Å²) in [6, 6.07) is 10.3. The minimum Gasteiger partial charge on any atom is -0.381 e. The van der Waals surface area contributed by atoms with Gasteiger partial charge in [0, 0.05) is 45.8 Å². The molecule has 1 spiro atoms. The van der Waals surface area contributed by atoms with E-state index in [0.717, 1.165) is 32.3 Å². The predicted octanol–water partition coefficient (Wildman–Crippen LogP) is 2.06. The van der Waals surface area contributed by atoms with Crippen molar-refractivity contribution in [2.24, 2.45) is 10.4 Å². The molecule has 3 rings (SSSR count). The average Bonchev–Trinajstić information content (AvgIpc) is 3.23. The quantitative estimate of drug-likeness (QED) is 0.682. The van der Waals surface area contributed by atoms with Crippen LogP contribution in [-0.4, -0.2) is 57.9 Å². The number of guanidine groups is 1. The van der Waals surface area contributed by atoms with Gasteiger partial charge in [-0.15, -0.1) is 0 Å². The number of rotatable bonds is 4. The van der Waals surface area contributed by atoms with Crippen molar-refractivity contribution in [1.82, 2.24) is 10.2 Å². The van der Waals surface area contributed by atoms with Gasteiger partial charge in [0.25, 0.3) is 0 Å². The molecule has 1 aromatic carbocycles. The molecule has 2 aliphatic heterocycles. The van der Waals surface area contributed by atoms with E-state index in [9.17, 15) is 0 Å². The van der Waals surface area contributed by atoms with E-state index in [-0.39, 0.29) is 6.10 Å². The van der Waals surface area contributed by atoms with Crippen LogP contribution in [0.5, 0.6) is 0 Å². The molecule has 126 valence electrons. The SMILES string of the molecule is CN=C(NCC(OC)c1ccccc1)N1CCC2(CCOC2)C1. The van der Waals surface area contributed by atoms with Gasteiger partial charge in [-0.3, -0.25) is 4.99 Å². The molecule has 2 heterocycles. The van der Waals surface area contributed by atoms with Crippen LogP contribution in [0, 0.1) is 5.41 Å². The average molecular weight is 317 g/mol. The van der Waals surface area contributed by atoms with E-state index in [1.807, 2.05) is 25.2 Å². The second kappa shape index (κ2) is 7.32. The standard InChI is InChI=1S/C18H27N3O2/c1-19-17(21-10-8-18(13-21)9-11-23-14-18)20-12-16(22-2)15-6-4-3-5-7-15/h3-7,16H,8-14H2,1-2H3,(H,19,20). The number of hydrogen-bond donors (Lipinski definition) is 1. The fourth-order valence-electron chi connectivity index (χ4n) is 3.61. The summed E-state index contributed by atoms with van der Waals surface area (Å²) in [6.45, 7) is 4.60. The molecule has 2 fully saturated rings. The molecule has 0 bridgehead atoms. The lowest BCUT2D eigenvalue weighted by Gasteiger charge is -2.26. The van der Waals surface area contributed by atoms with Crippen molar-refractivity contribution in [3.8, 4) is 0 Å². The number of hydrogen-bond acceptors (Lipinski definition) is 3. The topological polar surface area (TPSA) is 46.1 Å². The maximum atomic E-state index is 5.63. The fraction of sp³-hybridized carbons (Fsp3) is 0.611. The molecule has 0 aliphatic carbocycles. The predicted molar refractivity (Wildman–Crippen MR) is 91.6 cm³/mol. The van der Waals surface area contributed by atoms with Crippen molar-refractivity contribution in [1.29, 1.82) is 0 Å². The Balaban J connectivity index is 1.57. The first kappa shape index (κ1) is 16.3. The molecule has 2 aliphatic rings. The Labute approximate surface area is 138 Å². The van der Waals surface area contributed by atoms with Gasteiger partial charge in [0.15, 0.2) is 5.96 Å². The Morgan fingerprint density at radius 2 is 2.22 bits per heavy atom. The summed E-state index contributed by atoms with van der Waals surface area (Å²) < 4.78 is 11.2. The number of methoxy groups -OCH3 is 1. The number of nitrogens with zero attached hydrogens (tertiary/aromatic N) is 2. The van der Waals surface area contributed by atoms with Gasteiger partial charge in [-0.05, 0) is 18.4 Å². The smallest absolute Gasteiger partial charge is 0.193 e. The van der Waals surface area contributed by atoms with E-state index in [2.05, 4.69) is 27.3 Å². The van der Waals surface area contributed by atoms with Crippen molar-refractivity contribution < 1.29 is 9.47 Å². The van der Waals surface area contributed by atoms with E-state index in [1.165, 1.54) is 18.4 Å². The highest BCUT2D eigenvalue weighted by Gasteiger charge is 2.42. The summed E-state index contributed by atoms with van der Waals surface area (Å²) in [5.41, 5.74) is 1.53. The van der Waals surface area contributed by atoms with Crippen molar-refractivity contribution in [2.75, 3.05) is 47.0 Å². The molecule has 0 amide bonds. The van der Waals surface area contributed by atoms with Crippen molar-refractivity contribution >= 4 is 5.96 Å². The van der Waals surface area contributed by atoms with E-state index in [1.54, 1.807) is 7.11 Å². The number of aliphatic imine (C=N–C) groups is 1. The molecule has 23 heavy (non-hydrogen) atoms. The van der Waals surface area contributed by atoms with Crippen LogP contribution in [-0.2, 0) is 9.47 Å². The van der Waals surface area contributed by atoms with Crippen LogP contribution >= 0.6 is 0 Å². The Hall–Kier alpha value is -1.59. The van der Waals surface area contributed by atoms with Gasteiger partial charge in [-0.25, -0.2) is 0 Å². The molecule has 2 saturated heterocycles. The Morgan fingerprint density at radius 3 is 2.87 bits per heavy atom. The lowest BCUT2D eigenvalue weighted by atomic mass is 9.87. The molecular weight excluding hydrogens is 290 g/mol. The lowest BCUT2D eigenvalue weighted by Crippen LogP contribution is -2.43. The van der Waals surface area contributed by atoms with Crippen LogP contribution < -0.4 is 5.32 Å². The Bertz CT molecular complexity index is 526. The first-order valence-electron chi connectivity index (χ1n) is 8.37. The van der Waals surface area contributed by atoms with E-state index in [0.29, 0.717) is 12.0 Å². The highest BCUT2D eigenvalue weighted by Crippen LogP contribution is 2.38. The number of ether oxygens (including phenoxy) is 2. The second-order valence-corrected chi connectivity index (χ2v) is 6.54. The van der Waals surface area contributed by atoms with Gasteiger partial charge < -0.3 is 19.7 Å². The molecule has 5 heteroatoms. The highest BCUT2D eigenvalue weighted by molar-refractivity contribution is 5.80. The monoisotopic (exact) mass is 317 g/mol. The van der Waals surface area contributed by atoms with Crippen LogP contribution in [0.3, 0.4) is 0 Å². The van der Waals surface area contributed by atoms with Crippen LogP contribution in [0.25, 0.3) is 0 Å². The minimum atomic E-state index is 0.0272. The number of likely N-dealkylation sites (tertiary alicyclic amines) is 1. The van der Waals surface area contributed by atoms with Gasteiger partial charge in [0.1, 0.15) is 0 Å². The molecule has 0 saturated carbocycles. The molecule has 1 aromatic rings. The van der Waals surface area contributed by atoms with Crippen LogP contribution in [0.4, 0.5) is 0 Å². The summed E-state index contributed by atoms with van der Waals surface area (Å²) in [7, 11) is 3.60. The molecular formula is C18H27N3O2. The zero-order chi connectivity index (χ0) is 16.1. The van der Waals surface area contributed by atoms with Gasteiger partial charge in [0.2, 0.25) is 0 Å². The van der Waals surface area contributed by atoms with E-state index < -0.39 is 0 Å². The summed E-state index contributed by atoms with van der Waals surface area (Å²) >= 11 is 0. The summed E-state index contributed by atoms with van der Waals surface area (Å²) in [6.07, 6.45) is 2.39. The van der Waals surface area contributed by atoms with Crippen LogP contribution in [0.1, 0.15) is 24.5 Å². The zero-order valence-corrected chi connectivity index (χ0v) is 14.1. The third-order valence-electron chi connectivity index (χ3n) is 5.04. The Kier molecular flexibility index (Phi) is 5.18.